The molecule has 2 heterocycles. The molecule has 1 aromatic carbocycles. The molecule has 0 unspecified atom stereocenters. The van der Waals surface area contributed by atoms with Gasteiger partial charge in [-0.1, -0.05) is 12.1 Å². The number of carbonyl (C=O) groups is 1. The Balaban J connectivity index is 2.22. The Hall–Kier alpha value is -3.22. The number of pyridine rings is 1. The number of anilines is 1. The molecule has 0 bridgehead atoms. The van der Waals surface area contributed by atoms with Gasteiger partial charge in [0, 0.05) is 25.0 Å². The number of nitrogens with zero attached hydrogens (tertiary/aromatic N) is 3. The second-order valence-electron chi connectivity index (χ2n) is 4.94. The molecular weight excluding hydrogens is 297 g/mol. The maximum atomic E-state index is 13.2. The van der Waals surface area contributed by atoms with Crippen LogP contribution in [0.3, 0.4) is 0 Å². The van der Waals surface area contributed by atoms with Crippen LogP contribution in [0.4, 0.5) is 15.0 Å². The fourth-order valence-electron chi connectivity index (χ4n) is 2.30. The third kappa shape index (κ3) is 2.76. The normalized spacial score (nSPS) is 10.5. The molecule has 0 atom stereocenters. The van der Waals surface area contributed by atoms with Gasteiger partial charge in [0.05, 0.1) is 11.3 Å². The number of halogens is 1. The van der Waals surface area contributed by atoms with Gasteiger partial charge in [0.2, 0.25) is 0 Å². The molecule has 0 aliphatic carbocycles. The fourth-order valence-corrected chi connectivity index (χ4v) is 2.30. The summed E-state index contributed by atoms with van der Waals surface area (Å²) in [5.74, 6) is 0.0310. The third-order valence-electron chi connectivity index (χ3n) is 3.50. The minimum Gasteiger partial charge on any atom is -0.351 e. The summed E-state index contributed by atoms with van der Waals surface area (Å²) in [4.78, 5) is 16.7. The van der Waals surface area contributed by atoms with Crippen LogP contribution < -0.4 is 10.6 Å². The van der Waals surface area contributed by atoms with E-state index in [1.165, 1.54) is 24.1 Å². The second kappa shape index (κ2) is 5.88. The Kier molecular flexibility index (Phi) is 3.76. The Bertz CT molecular complexity index is 829. The summed E-state index contributed by atoms with van der Waals surface area (Å²) in [7, 11) is 1.53. The Morgan fingerprint density at radius 3 is 2.39 bits per heavy atom. The van der Waals surface area contributed by atoms with Crippen molar-refractivity contribution in [2.24, 2.45) is 5.73 Å². The van der Waals surface area contributed by atoms with E-state index in [0.29, 0.717) is 17.1 Å². The first kappa shape index (κ1) is 14.7. The number of rotatable bonds is 3. The van der Waals surface area contributed by atoms with Crippen molar-refractivity contribution in [3.63, 3.8) is 0 Å². The van der Waals surface area contributed by atoms with E-state index in [2.05, 4.69) is 15.2 Å². The van der Waals surface area contributed by atoms with Crippen LogP contribution in [0.2, 0.25) is 0 Å². The molecular formula is C16H14FN5O. The molecule has 2 aromatic heterocycles. The van der Waals surface area contributed by atoms with Crippen LogP contribution in [0, 0.1) is 5.82 Å². The number of nitrogens with two attached hydrogens (primary N) is 1. The Morgan fingerprint density at radius 1 is 1.13 bits per heavy atom. The second-order valence-corrected chi connectivity index (χ2v) is 4.94. The highest BCUT2D eigenvalue weighted by Crippen LogP contribution is 2.37. The zero-order valence-electron chi connectivity index (χ0n) is 12.3. The zero-order chi connectivity index (χ0) is 16.4. The SMILES string of the molecule is CN(C(N)=O)c1n[nH]c(-c2ccncc2)c1-c1ccc(F)cc1. The van der Waals surface area contributed by atoms with Gasteiger partial charge in [-0.15, -0.1) is 0 Å². The molecule has 0 saturated heterocycles. The van der Waals surface area contributed by atoms with Crippen LogP contribution in [-0.4, -0.2) is 28.3 Å². The van der Waals surface area contributed by atoms with Crippen LogP contribution >= 0.6 is 0 Å². The number of aromatic nitrogens is 3. The lowest BCUT2D eigenvalue weighted by molar-refractivity contribution is 0.255. The molecule has 0 radical (unpaired) electrons. The summed E-state index contributed by atoms with van der Waals surface area (Å²) < 4.78 is 13.2. The molecule has 116 valence electrons. The van der Waals surface area contributed by atoms with Gasteiger partial charge in [-0.25, -0.2) is 9.18 Å². The van der Waals surface area contributed by atoms with Crippen molar-refractivity contribution in [3.05, 3.63) is 54.6 Å². The van der Waals surface area contributed by atoms with E-state index in [4.69, 9.17) is 5.73 Å². The molecule has 0 aliphatic heterocycles. The van der Waals surface area contributed by atoms with Crippen LogP contribution in [0.15, 0.2) is 48.8 Å². The first-order valence-electron chi connectivity index (χ1n) is 6.86. The van der Waals surface area contributed by atoms with Crippen molar-refractivity contribution in [2.75, 3.05) is 11.9 Å². The summed E-state index contributed by atoms with van der Waals surface area (Å²) in [5, 5.41) is 7.12. The number of hydrogen-bond acceptors (Lipinski definition) is 3. The number of benzene rings is 1. The van der Waals surface area contributed by atoms with Gasteiger partial charge in [-0.3, -0.25) is 15.0 Å². The summed E-state index contributed by atoms with van der Waals surface area (Å²) in [6, 6.07) is 8.95. The first-order chi connectivity index (χ1) is 11.1. The third-order valence-corrected chi connectivity index (χ3v) is 3.50. The van der Waals surface area contributed by atoms with Gasteiger partial charge in [0.1, 0.15) is 5.82 Å². The highest BCUT2D eigenvalue weighted by molar-refractivity contribution is 5.97. The number of nitrogens with one attached hydrogen (secondary N) is 1. The molecule has 0 saturated carbocycles. The minimum absolute atomic E-state index is 0.340. The fraction of sp³-hybridized carbons (Fsp3) is 0.0625. The number of carbonyl (C=O) groups excluding carboxylic acids is 1. The standard InChI is InChI=1S/C16H14FN5O/c1-22(16(18)23)15-13(10-2-4-12(17)5-3-10)14(20-21-15)11-6-8-19-9-7-11/h2-9H,1H3,(H2,18,23)(H,20,21). The molecule has 2 amide bonds. The van der Waals surface area contributed by atoms with E-state index in [-0.39, 0.29) is 5.82 Å². The van der Waals surface area contributed by atoms with Crippen molar-refractivity contribution < 1.29 is 9.18 Å². The topological polar surface area (TPSA) is 87.9 Å². The number of H-pyrrole nitrogens is 1. The molecule has 3 aromatic rings. The number of aromatic amines is 1. The number of urea groups is 1. The lowest BCUT2D eigenvalue weighted by Gasteiger charge is -2.14. The predicted molar refractivity (Wildman–Crippen MR) is 85.2 cm³/mol. The largest absolute Gasteiger partial charge is 0.351 e. The Labute approximate surface area is 131 Å². The quantitative estimate of drug-likeness (QED) is 0.779. The van der Waals surface area contributed by atoms with Crippen LogP contribution in [-0.2, 0) is 0 Å². The Morgan fingerprint density at radius 2 is 1.78 bits per heavy atom. The molecule has 23 heavy (non-hydrogen) atoms. The van der Waals surface area contributed by atoms with Crippen molar-refractivity contribution in [1.82, 2.24) is 15.2 Å². The summed E-state index contributed by atoms with van der Waals surface area (Å²) in [5.41, 5.74) is 8.27. The maximum absolute atomic E-state index is 13.2. The van der Waals surface area contributed by atoms with Crippen LogP contribution in [0.1, 0.15) is 0 Å². The van der Waals surface area contributed by atoms with E-state index in [1.54, 1.807) is 24.5 Å². The molecule has 3 N–H and O–H groups in total. The number of primary amides is 1. The van der Waals surface area contributed by atoms with Crippen LogP contribution in [0.25, 0.3) is 22.4 Å². The molecule has 7 heteroatoms. The minimum atomic E-state index is -0.638. The van der Waals surface area contributed by atoms with Crippen LogP contribution in [0.5, 0.6) is 0 Å². The van der Waals surface area contributed by atoms with Gasteiger partial charge in [0.25, 0.3) is 0 Å². The van der Waals surface area contributed by atoms with Crippen molar-refractivity contribution in [2.45, 2.75) is 0 Å². The summed E-state index contributed by atoms with van der Waals surface area (Å²) >= 11 is 0. The van der Waals surface area contributed by atoms with Gasteiger partial charge < -0.3 is 5.73 Å². The highest BCUT2D eigenvalue weighted by atomic mass is 19.1. The first-order valence-corrected chi connectivity index (χ1v) is 6.86. The van der Waals surface area contributed by atoms with Crippen molar-refractivity contribution in [3.8, 4) is 22.4 Å². The molecule has 3 rings (SSSR count). The maximum Gasteiger partial charge on any atom is 0.320 e. The smallest absolute Gasteiger partial charge is 0.320 e. The lowest BCUT2D eigenvalue weighted by Crippen LogP contribution is -2.32. The van der Waals surface area contributed by atoms with Gasteiger partial charge in [-0.05, 0) is 29.8 Å². The van der Waals surface area contributed by atoms with Crippen molar-refractivity contribution in [1.29, 1.82) is 0 Å². The van der Waals surface area contributed by atoms with E-state index in [1.807, 2.05) is 12.1 Å². The number of amides is 2. The lowest BCUT2D eigenvalue weighted by atomic mass is 10.0. The van der Waals surface area contributed by atoms with E-state index < -0.39 is 6.03 Å². The van der Waals surface area contributed by atoms with E-state index >= 15 is 0 Å². The van der Waals surface area contributed by atoms with E-state index in [0.717, 1.165) is 11.1 Å². The molecule has 0 aliphatic rings. The van der Waals surface area contributed by atoms with Gasteiger partial charge >= 0.3 is 6.03 Å². The summed E-state index contributed by atoms with van der Waals surface area (Å²) in [6.45, 7) is 0. The monoisotopic (exact) mass is 311 g/mol. The molecule has 0 spiro atoms. The predicted octanol–water partition coefficient (Wildman–Crippen LogP) is 2.79. The van der Waals surface area contributed by atoms with Crippen molar-refractivity contribution >= 4 is 11.8 Å². The molecule has 6 nitrogen and oxygen atoms in total. The zero-order valence-corrected chi connectivity index (χ0v) is 12.3. The summed E-state index contributed by atoms with van der Waals surface area (Å²) in [6.07, 6.45) is 3.31. The average Bonchev–Trinajstić information content (AvgIpc) is 3.00. The number of hydrogen-bond donors (Lipinski definition) is 2. The average molecular weight is 311 g/mol. The van der Waals surface area contributed by atoms with Gasteiger partial charge in [-0.2, -0.15) is 5.10 Å². The van der Waals surface area contributed by atoms with Gasteiger partial charge in [0.15, 0.2) is 5.82 Å². The highest BCUT2D eigenvalue weighted by Gasteiger charge is 2.21. The van der Waals surface area contributed by atoms with E-state index in [9.17, 15) is 9.18 Å². The molecule has 0 fully saturated rings.